The zero-order valence-electron chi connectivity index (χ0n) is 6.50. The lowest BCUT2D eigenvalue weighted by atomic mass is 9.94. The van der Waals surface area contributed by atoms with E-state index in [4.69, 9.17) is 7.85 Å². The predicted octanol–water partition coefficient (Wildman–Crippen LogP) is 1.76. The quantitative estimate of drug-likeness (QED) is 0.292. The van der Waals surface area contributed by atoms with E-state index < -0.39 is 33.6 Å². The molecule has 2 radical (unpaired) electrons. The normalized spacial score (nSPS) is 10.5. The molecule has 0 atom stereocenters. The zero-order chi connectivity index (χ0) is 10.2. The van der Waals surface area contributed by atoms with E-state index in [0.29, 0.717) is 11.8 Å². The number of benzene rings is 1. The van der Waals surface area contributed by atoms with E-state index in [1.807, 2.05) is 0 Å². The SMILES string of the molecule is [B]c1c(F)c(F)c(SC)c(F)c1F. The van der Waals surface area contributed by atoms with Crippen molar-refractivity contribution in [2.45, 2.75) is 4.90 Å². The van der Waals surface area contributed by atoms with E-state index in [1.54, 1.807) is 0 Å². The van der Waals surface area contributed by atoms with Crippen molar-refractivity contribution in [2.75, 3.05) is 6.26 Å². The summed E-state index contributed by atoms with van der Waals surface area (Å²) >= 11 is 0.574. The highest BCUT2D eigenvalue weighted by Crippen LogP contribution is 2.25. The van der Waals surface area contributed by atoms with Crippen molar-refractivity contribution in [3.63, 3.8) is 0 Å². The van der Waals surface area contributed by atoms with E-state index in [2.05, 4.69) is 0 Å². The smallest absolute Gasteiger partial charge is 0.174 e. The molecular weight excluding hydrogens is 203 g/mol. The fourth-order valence-electron chi connectivity index (χ4n) is 0.808. The third kappa shape index (κ3) is 1.55. The molecule has 1 aromatic rings. The number of rotatable bonds is 1. The first-order valence-corrected chi connectivity index (χ1v) is 4.38. The van der Waals surface area contributed by atoms with Crippen LogP contribution in [0.3, 0.4) is 0 Å². The second-order valence-electron chi connectivity index (χ2n) is 2.20. The van der Waals surface area contributed by atoms with Crippen molar-refractivity contribution >= 4 is 25.1 Å². The summed E-state index contributed by atoms with van der Waals surface area (Å²) in [4.78, 5) is -0.704. The largest absolute Gasteiger partial charge is 0.204 e. The van der Waals surface area contributed by atoms with Gasteiger partial charge in [-0.05, 0) is 11.7 Å². The Morgan fingerprint density at radius 3 is 1.62 bits per heavy atom. The fraction of sp³-hybridized carbons (Fsp3) is 0.143. The molecule has 1 rings (SSSR count). The maximum absolute atomic E-state index is 12.8. The summed E-state index contributed by atoms with van der Waals surface area (Å²) in [7, 11) is 4.77. The summed E-state index contributed by atoms with van der Waals surface area (Å²) in [5, 5.41) is 0. The van der Waals surface area contributed by atoms with E-state index >= 15 is 0 Å². The Hall–Kier alpha value is -0.645. The highest BCUT2D eigenvalue weighted by atomic mass is 32.2. The second kappa shape index (κ2) is 3.61. The summed E-state index contributed by atoms with van der Waals surface area (Å²) in [6.07, 6.45) is 1.30. The molecule has 0 bridgehead atoms. The molecule has 0 saturated carbocycles. The molecule has 0 amide bonds. The van der Waals surface area contributed by atoms with Gasteiger partial charge in [-0.3, -0.25) is 0 Å². The van der Waals surface area contributed by atoms with Crippen LogP contribution in [-0.2, 0) is 0 Å². The molecular formula is C7H3BF4S. The van der Waals surface area contributed by atoms with Gasteiger partial charge in [0, 0.05) is 0 Å². The van der Waals surface area contributed by atoms with Crippen molar-refractivity contribution < 1.29 is 17.6 Å². The van der Waals surface area contributed by atoms with Gasteiger partial charge in [0.15, 0.2) is 23.3 Å². The zero-order valence-corrected chi connectivity index (χ0v) is 7.31. The molecule has 0 N–H and O–H groups in total. The first-order valence-electron chi connectivity index (χ1n) is 3.16. The molecule has 0 aliphatic rings. The Kier molecular flexibility index (Phi) is 2.90. The van der Waals surface area contributed by atoms with Gasteiger partial charge in [0.2, 0.25) is 0 Å². The van der Waals surface area contributed by atoms with Crippen LogP contribution >= 0.6 is 11.8 Å². The molecule has 0 aliphatic heterocycles. The lowest BCUT2D eigenvalue weighted by Gasteiger charge is -2.06. The Morgan fingerprint density at radius 2 is 1.31 bits per heavy atom. The van der Waals surface area contributed by atoms with E-state index in [9.17, 15) is 17.6 Å². The van der Waals surface area contributed by atoms with E-state index in [0.717, 1.165) is 0 Å². The highest BCUT2D eigenvalue weighted by molar-refractivity contribution is 7.98. The van der Waals surface area contributed by atoms with Gasteiger partial charge in [-0.1, -0.05) is 0 Å². The monoisotopic (exact) mass is 206 g/mol. The Morgan fingerprint density at radius 1 is 0.923 bits per heavy atom. The van der Waals surface area contributed by atoms with Gasteiger partial charge >= 0.3 is 0 Å². The minimum atomic E-state index is -1.55. The maximum Gasteiger partial charge on any atom is 0.174 e. The van der Waals surface area contributed by atoms with Crippen LogP contribution in [0.2, 0.25) is 0 Å². The van der Waals surface area contributed by atoms with Crippen molar-refractivity contribution in [2.24, 2.45) is 0 Å². The molecule has 0 fully saturated rings. The number of hydrogen-bond acceptors (Lipinski definition) is 1. The van der Waals surface area contributed by atoms with Crippen LogP contribution in [0.1, 0.15) is 0 Å². The van der Waals surface area contributed by atoms with Crippen molar-refractivity contribution in [3.05, 3.63) is 23.3 Å². The first kappa shape index (κ1) is 10.4. The molecule has 0 spiro atoms. The van der Waals surface area contributed by atoms with Crippen LogP contribution in [0, 0.1) is 23.3 Å². The van der Waals surface area contributed by atoms with Crippen LogP contribution in [0.4, 0.5) is 17.6 Å². The van der Waals surface area contributed by atoms with Gasteiger partial charge in [0.25, 0.3) is 0 Å². The Balaban J connectivity index is 3.56. The van der Waals surface area contributed by atoms with Crippen LogP contribution in [0.5, 0.6) is 0 Å². The van der Waals surface area contributed by atoms with Gasteiger partial charge in [-0.15, -0.1) is 11.8 Å². The number of halogens is 4. The Bertz CT molecular complexity index is 324. The lowest BCUT2D eigenvalue weighted by molar-refractivity contribution is 0.434. The third-order valence-electron chi connectivity index (χ3n) is 1.46. The molecule has 13 heavy (non-hydrogen) atoms. The molecule has 0 heterocycles. The number of hydrogen-bond donors (Lipinski definition) is 0. The van der Waals surface area contributed by atoms with E-state index in [1.165, 1.54) is 6.26 Å². The average molecular weight is 206 g/mol. The molecule has 0 unspecified atom stereocenters. The van der Waals surface area contributed by atoms with Gasteiger partial charge in [0.1, 0.15) is 7.85 Å². The van der Waals surface area contributed by atoms with Crippen LogP contribution in [-0.4, -0.2) is 14.1 Å². The predicted molar refractivity (Wildman–Crippen MR) is 43.4 cm³/mol. The molecule has 0 aliphatic carbocycles. The van der Waals surface area contributed by atoms with Crippen LogP contribution < -0.4 is 5.46 Å². The fourth-order valence-corrected chi connectivity index (χ4v) is 1.35. The number of thioether (sulfide) groups is 1. The third-order valence-corrected chi connectivity index (χ3v) is 2.23. The topological polar surface area (TPSA) is 0 Å². The van der Waals surface area contributed by atoms with Crippen LogP contribution in [0.25, 0.3) is 0 Å². The molecule has 0 nitrogen and oxygen atoms in total. The van der Waals surface area contributed by atoms with Crippen molar-refractivity contribution in [1.29, 1.82) is 0 Å². The standard InChI is InChI=1S/C7H3BF4S/c1-13-7-5(11)3(9)2(8)4(10)6(7)12/h1H3. The molecule has 68 valence electrons. The molecule has 6 heteroatoms. The summed E-state index contributed by atoms with van der Waals surface area (Å²) in [6.45, 7) is 0. The molecule has 0 saturated heterocycles. The van der Waals surface area contributed by atoms with Gasteiger partial charge in [-0.2, -0.15) is 0 Å². The minimum absolute atomic E-state index is 0.574. The Labute approximate surface area is 77.7 Å². The summed E-state index contributed by atoms with van der Waals surface area (Å²) in [5.41, 5.74) is -1.13. The van der Waals surface area contributed by atoms with Gasteiger partial charge < -0.3 is 0 Å². The second-order valence-corrected chi connectivity index (χ2v) is 3.02. The molecule has 0 aromatic heterocycles. The summed E-state index contributed by atoms with van der Waals surface area (Å²) in [6, 6.07) is 0. The van der Waals surface area contributed by atoms with Gasteiger partial charge in [0.05, 0.1) is 4.90 Å². The average Bonchev–Trinajstić information content (AvgIpc) is 2.13. The van der Waals surface area contributed by atoms with Gasteiger partial charge in [-0.25, -0.2) is 17.6 Å². The van der Waals surface area contributed by atoms with E-state index in [-0.39, 0.29) is 0 Å². The highest BCUT2D eigenvalue weighted by Gasteiger charge is 2.21. The maximum atomic E-state index is 12.8. The minimum Gasteiger partial charge on any atom is -0.204 e. The first-order chi connectivity index (χ1) is 6.00. The summed E-state index contributed by atoms with van der Waals surface area (Å²) in [5.74, 6) is -6.01. The van der Waals surface area contributed by atoms with Crippen LogP contribution in [0.15, 0.2) is 4.90 Å². The van der Waals surface area contributed by atoms with Crippen molar-refractivity contribution in [3.8, 4) is 0 Å². The lowest BCUT2D eigenvalue weighted by Crippen LogP contribution is -2.19. The molecule has 1 aromatic carbocycles. The van der Waals surface area contributed by atoms with Crippen molar-refractivity contribution in [1.82, 2.24) is 0 Å². The summed E-state index contributed by atoms with van der Waals surface area (Å²) < 4.78 is 51.0.